The number of rotatable bonds is 6. The Hall–Kier alpha value is -2.28. The third-order valence-corrected chi connectivity index (χ3v) is 5.87. The molecule has 0 aliphatic carbocycles. The fraction of sp³-hybridized carbons (Fsp3) is 0.667. The van der Waals surface area contributed by atoms with Crippen LogP contribution in [0.1, 0.15) is 51.6 Å². The molecular formula is C24H39N5O2. The Morgan fingerprint density at radius 2 is 1.90 bits per heavy atom. The second-order valence-corrected chi connectivity index (χ2v) is 9.65. The van der Waals surface area contributed by atoms with Gasteiger partial charge in [0.2, 0.25) is 0 Å². The van der Waals surface area contributed by atoms with Crippen molar-refractivity contribution in [2.45, 2.75) is 51.7 Å². The molecule has 3 rings (SSSR count). The summed E-state index contributed by atoms with van der Waals surface area (Å²) in [4.78, 5) is 21.9. The topological polar surface area (TPSA) is 69.2 Å². The molecule has 2 unspecified atom stereocenters. The van der Waals surface area contributed by atoms with Crippen LogP contribution in [0, 0.1) is 5.92 Å². The van der Waals surface area contributed by atoms with Gasteiger partial charge in [-0.05, 0) is 64.6 Å². The van der Waals surface area contributed by atoms with E-state index in [4.69, 9.17) is 4.74 Å². The Balaban J connectivity index is 1.56. The number of hydrogen-bond donors (Lipinski definition) is 2. The van der Waals surface area contributed by atoms with E-state index in [-0.39, 0.29) is 6.04 Å². The Morgan fingerprint density at radius 3 is 2.55 bits per heavy atom. The lowest BCUT2D eigenvalue weighted by atomic mass is 10.1. The van der Waals surface area contributed by atoms with Crippen LogP contribution in [0.15, 0.2) is 35.3 Å². The molecule has 2 aliphatic heterocycles. The number of alkyl carbamates (subject to hydrolysis) is 1. The number of carbonyl (C=O) groups excluding carboxylic acids is 1. The van der Waals surface area contributed by atoms with Crippen molar-refractivity contribution in [2.24, 2.45) is 10.9 Å². The largest absolute Gasteiger partial charge is 0.444 e. The molecule has 2 heterocycles. The van der Waals surface area contributed by atoms with Crippen molar-refractivity contribution in [2.75, 3.05) is 46.3 Å². The van der Waals surface area contributed by atoms with Crippen LogP contribution in [0.2, 0.25) is 0 Å². The highest BCUT2D eigenvalue weighted by Gasteiger charge is 2.28. The zero-order valence-corrected chi connectivity index (χ0v) is 19.6. The molecule has 7 heteroatoms. The number of benzene rings is 1. The number of likely N-dealkylation sites (tertiary alicyclic amines) is 2. The minimum atomic E-state index is -0.533. The summed E-state index contributed by atoms with van der Waals surface area (Å²) in [6.45, 7) is 11.9. The van der Waals surface area contributed by atoms with Crippen LogP contribution in [0.4, 0.5) is 4.79 Å². The predicted octanol–water partition coefficient (Wildman–Crippen LogP) is 3.25. The quantitative estimate of drug-likeness (QED) is 0.537. The lowest BCUT2D eigenvalue weighted by Crippen LogP contribution is -2.45. The molecular weight excluding hydrogens is 390 g/mol. The average Bonchev–Trinajstić information content (AvgIpc) is 3.40. The first-order valence-corrected chi connectivity index (χ1v) is 11.6. The Labute approximate surface area is 187 Å². The molecule has 31 heavy (non-hydrogen) atoms. The molecule has 2 fully saturated rings. The fourth-order valence-corrected chi connectivity index (χ4v) is 4.42. The van der Waals surface area contributed by atoms with Crippen LogP contribution in [0.3, 0.4) is 0 Å². The molecule has 2 atom stereocenters. The summed E-state index contributed by atoms with van der Waals surface area (Å²) in [5.41, 5.74) is 0.499. The maximum absolute atomic E-state index is 12.4. The van der Waals surface area contributed by atoms with E-state index >= 15 is 0 Å². The summed E-state index contributed by atoms with van der Waals surface area (Å²) in [6, 6.07) is 9.78. The molecule has 0 bridgehead atoms. The van der Waals surface area contributed by atoms with Crippen LogP contribution in [0.25, 0.3) is 0 Å². The molecule has 172 valence electrons. The standard InChI is InChI=1S/C24H39N5O2/c1-24(2,3)31-23(30)27-21(20-10-6-5-7-11-20)16-26-22(25-4)29-15-12-19(18-29)17-28-13-8-9-14-28/h5-7,10-11,19,21H,8-9,12-18H2,1-4H3,(H,25,26)(H,27,30). The monoisotopic (exact) mass is 429 g/mol. The minimum absolute atomic E-state index is 0.212. The number of nitrogens with one attached hydrogen (secondary N) is 2. The van der Waals surface area contributed by atoms with Crippen molar-refractivity contribution in [3.05, 3.63) is 35.9 Å². The third kappa shape index (κ3) is 7.42. The van der Waals surface area contributed by atoms with Crippen LogP contribution in [-0.4, -0.2) is 73.8 Å². The van der Waals surface area contributed by atoms with Crippen molar-refractivity contribution >= 4 is 12.1 Å². The second-order valence-electron chi connectivity index (χ2n) is 9.65. The fourth-order valence-electron chi connectivity index (χ4n) is 4.42. The maximum Gasteiger partial charge on any atom is 0.408 e. The molecule has 1 amide bonds. The van der Waals surface area contributed by atoms with Gasteiger partial charge in [-0.1, -0.05) is 30.3 Å². The van der Waals surface area contributed by atoms with E-state index < -0.39 is 11.7 Å². The molecule has 1 aromatic carbocycles. The summed E-state index contributed by atoms with van der Waals surface area (Å²) in [6.07, 6.45) is 3.47. The minimum Gasteiger partial charge on any atom is -0.444 e. The highest BCUT2D eigenvalue weighted by Crippen LogP contribution is 2.20. The molecule has 2 aliphatic rings. The van der Waals surface area contributed by atoms with Gasteiger partial charge in [0.15, 0.2) is 5.96 Å². The predicted molar refractivity (Wildman–Crippen MR) is 125 cm³/mol. The molecule has 0 spiro atoms. The molecule has 0 radical (unpaired) electrons. The number of hydrogen-bond acceptors (Lipinski definition) is 4. The van der Waals surface area contributed by atoms with Gasteiger partial charge in [-0.25, -0.2) is 4.79 Å². The van der Waals surface area contributed by atoms with Crippen LogP contribution < -0.4 is 10.6 Å². The first kappa shape index (κ1) is 23.4. The van der Waals surface area contributed by atoms with Gasteiger partial charge in [0.25, 0.3) is 0 Å². The first-order chi connectivity index (χ1) is 14.8. The van der Waals surface area contributed by atoms with Crippen molar-refractivity contribution in [1.82, 2.24) is 20.4 Å². The molecule has 0 aromatic heterocycles. The van der Waals surface area contributed by atoms with Crippen LogP contribution in [0.5, 0.6) is 0 Å². The normalized spacial score (nSPS) is 21.2. The van der Waals surface area contributed by atoms with Crippen molar-refractivity contribution in [3.63, 3.8) is 0 Å². The highest BCUT2D eigenvalue weighted by atomic mass is 16.6. The van der Waals surface area contributed by atoms with E-state index in [1.165, 1.54) is 38.9 Å². The Kier molecular flexibility index (Phi) is 8.18. The summed E-state index contributed by atoms with van der Waals surface area (Å²) in [5.74, 6) is 1.59. The summed E-state index contributed by atoms with van der Waals surface area (Å²) >= 11 is 0. The van der Waals surface area contributed by atoms with E-state index in [1.54, 1.807) is 0 Å². The van der Waals surface area contributed by atoms with E-state index in [2.05, 4.69) is 25.4 Å². The van der Waals surface area contributed by atoms with Crippen molar-refractivity contribution in [3.8, 4) is 0 Å². The van der Waals surface area contributed by atoms with Gasteiger partial charge < -0.3 is 25.2 Å². The number of carbonyl (C=O) groups is 1. The summed E-state index contributed by atoms with van der Waals surface area (Å²) < 4.78 is 5.48. The summed E-state index contributed by atoms with van der Waals surface area (Å²) in [5, 5.41) is 6.50. The smallest absolute Gasteiger partial charge is 0.408 e. The highest BCUT2D eigenvalue weighted by molar-refractivity contribution is 5.80. The number of aliphatic imine (C=N–C) groups is 1. The van der Waals surface area contributed by atoms with Gasteiger partial charge >= 0.3 is 6.09 Å². The van der Waals surface area contributed by atoms with Gasteiger partial charge in [0.1, 0.15) is 5.60 Å². The number of ether oxygens (including phenoxy) is 1. The molecule has 7 nitrogen and oxygen atoms in total. The zero-order valence-electron chi connectivity index (χ0n) is 19.6. The third-order valence-electron chi connectivity index (χ3n) is 5.87. The van der Waals surface area contributed by atoms with Gasteiger partial charge in [0.05, 0.1) is 6.04 Å². The van der Waals surface area contributed by atoms with E-state index in [0.717, 1.165) is 24.6 Å². The second kappa shape index (κ2) is 10.8. The SMILES string of the molecule is CN=C(NCC(NC(=O)OC(C)(C)C)c1ccccc1)N1CCC(CN2CCCC2)C1. The molecule has 2 saturated heterocycles. The number of amides is 1. The average molecular weight is 430 g/mol. The lowest BCUT2D eigenvalue weighted by molar-refractivity contribution is 0.0504. The maximum atomic E-state index is 12.4. The lowest BCUT2D eigenvalue weighted by Gasteiger charge is -2.27. The summed E-state index contributed by atoms with van der Waals surface area (Å²) in [7, 11) is 1.83. The number of nitrogens with zero attached hydrogens (tertiary/aromatic N) is 3. The van der Waals surface area contributed by atoms with Gasteiger partial charge in [-0.3, -0.25) is 4.99 Å². The number of guanidine groups is 1. The van der Waals surface area contributed by atoms with Crippen LogP contribution >= 0.6 is 0 Å². The molecule has 2 N–H and O–H groups in total. The van der Waals surface area contributed by atoms with Gasteiger partial charge in [-0.2, -0.15) is 0 Å². The molecule has 1 aromatic rings. The Bertz CT molecular complexity index is 725. The van der Waals surface area contributed by atoms with E-state index in [9.17, 15) is 4.79 Å². The Morgan fingerprint density at radius 1 is 1.19 bits per heavy atom. The van der Waals surface area contributed by atoms with Gasteiger partial charge in [-0.15, -0.1) is 0 Å². The molecule has 0 saturated carbocycles. The van der Waals surface area contributed by atoms with Crippen molar-refractivity contribution in [1.29, 1.82) is 0 Å². The van der Waals surface area contributed by atoms with E-state index in [1.807, 2.05) is 58.2 Å². The van der Waals surface area contributed by atoms with Crippen LogP contribution in [-0.2, 0) is 4.74 Å². The zero-order chi connectivity index (χ0) is 22.3. The van der Waals surface area contributed by atoms with Crippen molar-refractivity contribution < 1.29 is 9.53 Å². The van der Waals surface area contributed by atoms with E-state index in [0.29, 0.717) is 12.5 Å². The first-order valence-electron chi connectivity index (χ1n) is 11.6. The van der Waals surface area contributed by atoms with Gasteiger partial charge in [0, 0.05) is 33.2 Å².